The molecule has 2 rings (SSSR count). The minimum absolute atomic E-state index is 0.0479. The maximum atomic E-state index is 11.6. The van der Waals surface area contributed by atoms with Crippen LogP contribution in [0.5, 0.6) is 0 Å². The van der Waals surface area contributed by atoms with Crippen molar-refractivity contribution in [2.45, 2.75) is 51.8 Å². The summed E-state index contributed by atoms with van der Waals surface area (Å²) in [5, 5.41) is 3.04. The molecule has 1 aromatic rings. The lowest BCUT2D eigenvalue weighted by Crippen LogP contribution is -2.60. The van der Waals surface area contributed by atoms with Crippen LogP contribution in [0.4, 0.5) is 0 Å². The van der Waals surface area contributed by atoms with E-state index in [0.717, 1.165) is 20.1 Å². The highest BCUT2D eigenvalue weighted by Gasteiger charge is 2.40. The van der Waals surface area contributed by atoms with Crippen LogP contribution in [0.1, 0.15) is 32.8 Å². The van der Waals surface area contributed by atoms with Gasteiger partial charge in [0.25, 0.3) is 0 Å². The predicted octanol–water partition coefficient (Wildman–Crippen LogP) is 1.39. The van der Waals surface area contributed by atoms with Gasteiger partial charge in [-0.05, 0) is 32.3 Å². The second-order valence-electron chi connectivity index (χ2n) is 6.61. The van der Waals surface area contributed by atoms with Crippen LogP contribution in [0.25, 0.3) is 0 Å². The zero-order chi connectivity index (χ0) is 16.2. The Balaban J connectivity index is 2.02. The Bertz CT molecular complexity index is 503. The molecule has 0 aromatic heterocycles. The molecule has 0 unspecified atom stereocenters. The molecule has 4 nitrogen and oxygen atoms in total. The van der Waals surface area contributed by atoms with Gasteiger partial charge in [0, 0.05) is 6.92 Å². The van der Waals surface area contributed by atoms with Gasteiger partial charge >= 0.3 is 0 Å². The van der Waals surface area contributed by atoms with Gasteiger partial charge in [-0.3, -0.25) is 4.79 Å². The number of aryl methyl sites for hydroxylation is 1. The van der Waals surface area contributed by atoms with Crippen molar-refractivity contribution in [3.05, 3.63) is 29.8 Å². The third-order valence-corrected chi connectivity index (χ3v) is 4.16. The molecular formula is C17H26BNO3. The number of rotatable bonds is 5. The van der Waals surface area contributed by atoms with Crippen molar-refractivity contribution < 1.29 is 14.3 Å². The SMILES string of the molecule is CBc1ccc(CCC2(NC(C)=O)COC(C)(C)OC2)cc1. The van der Waals surface area contributed by atoms with Crippen LogP contribution in [0.15, 0.2) is 24.3 Å². The van der Waals surface area contributed by atoms with Gasteiger partial charge in [0.15, 0.2) is 13.1 Å². The van der Waals surface area contributed by atoms with Crippen molar-refractivity contribution in [3.8, 4) is 0 Å². The molecule has 22 heavy (non-hydrogen) atoms. The number of amides is 1. The van der Waals surface area contributed by atoms with E-state index in [1.807, 2.05) is 13.8 Å². The highest BCUT2D eigenvalue weighted by molar-refractivity contribution is 6.51. The van der Waals surface area contributed by atoms with Crippen molar-refractivity contribution in [2.75, 3.05) is 13.2 Å². The van der Waals surface area contributed by atoms with Crippen LogP contribution in [0.2, 0.25) is 6.82 Å². The first-order valence-electron chi connectivity index (χ1n) is 7.99. The summed E-state index contributed by atoms with van der Waals surface area (Å²) in [6, 6.07) is 8.65. The van der Waals surface area contributed by atoms with E-state index in [4.69, 9.17) is 9.47 Å². The molecule has 120 valence electrons. The number of nitrogens with one attached hydrogen (secondary N) is 1. The van der Waals surface area contributed by atoms with Gasteiger partial charge in [0.1, 0.15) is 0 Å². The van der Waals surface area contributed by atoms with Crippen LogP contribution < -0.4 is 10.8 Å². The third-order valence-electron chi connectivity index (χ3n) is 4.16. The number of hydrogen-bond acceptors (Lipinski definition) is 3. The molecule has 1 saturated heterocycles. The quantitative estimate of drug-likeness (QED) is 0.836. The van der Waals surface area contributed by atoms with Crippen molar-refractivity contribution in [3.63, 3.8) is 0 Å². The van der Waals surface area contributed by atoms with Crippen molar-refractivity contribution in [2.24, 2.45) is 0 Å². The first-order chi connectivity index (χ1) is 10.3. The smallest absolute Gasteiger partial charge is 0.217 e. The van der Waals surface area contributed by atoms with Crippen molar-refractivity contribution >= 4 is 18.6 Å². The van der Waals surface area contributed by atoms with Crippen LogP contribution in [-0.2, 0) is 20.7 Å². The summed E-state index contributed by atoms with van der Waals surface area (Å²) >= 11 is 0. The third kappa shape index (κ3) is 4.58. The maximum absolute atomic E-state index is 11.6. The Hall–Kier alpha value is -1.33. The minimum Gasteiger partial charge on any atom is -0.348 e. The molecule has 1 heterocycles. The molecule has 0 radical (unpaired) electrons. The second-order valence-corrected chi connectivity index (χ2v) is 6.61. The summed E-state index contributed by atoms with van der Waals surface area (Å²) in [5.41, 5.74) is 2.17. The molecule has 0 aliphatic carbocycles. The molecule has 1 N–H and O–H groups in total. The van der Waals surface area contributed by atoms with E-state index in [9.17, 15) is 4.79 Å². The number of ether oxygens (including phenoxy) is 2. The fourth-order valence-corrected chi connectivity index (χ4v) is 2.68. The van der Waals surface area contributed by atoms with Gasteiger partial charge in [-0.15, -0.1) is 0 Å². The van der Waals surface area contributed by atoms with Gasteiger partial charge in [-0.25, -0.2) is 0 Å². The van der Waals surface area contributed by atoms with E-state index < -0.39 is 11.3 Å². The first-order valence-corrected chi connectivity index (χ1v) is 7.99. The summed E-state index contributed by atoms with van der Waals surface area (Å²) in [6.07, 6.45) is 1.69. The van der Waals surface area contributed by atoms with Crippen LogP contribution in [0.3, 0.4) is 0 Å². The van der Waals surface area contributed by atoms with E-state index in [2.05, 4.69) is 36.4 Å². The Morgan fingerprint density at radius 2 is 1.82 bits per heavy atom. The summed E-state index contributed by atoms with van der Waals surface area (Å²) in [5.74, 6) is -0.627. The predicted molar refractivity (Wildman–Crippen MR) is 89.9 cm³/mol. The summed E-state index contributed by atoms with van der Waals surface area (Å²) in [4.78, 5) is 11.6. The molecule has 1 fully saturated rings. The number of carbonyl (C=O) groups is 1. The minimum atomic E-state index is -0.579. The molecule has 5 heteroatoms. The molecule has 1 aliphatic rings. The molecule has 1 aliphatic heterocycles. The van der Waals surface area contributed by atoms with Crippen LogP contribution in [0, 0.1) is 0 Å². The second kappa shape index (κ2) is 6.84. The summed E-state index contributed by atoms with van der Waals surface area (Å²) in [6.45, 7) is 8.44. The van der Waals surface area contributed by atoms with E-state index in [1.165, 1.54) is 17.9 Å². The highest BCUT2D eigenvalue weighted by Crippen LogP contribution is 2.27. The molecule has 0 saturated carbocycles. The van der Waals surface area contributed by atoms with E-state index in [1.54, 1.807) is 0 Å². The zero-order valence-corrected chi connectivity index (χ0v) is 14.1. The van der Waals surface area contributed by atoms with Gasteiger partial charge in [0.2, 0.25) is 5.91 Å². The van der Waals surface area contributed by atoms with E-state index in [-0.39, 0.29) is 5.91 Å². The van der Waals surface area contributed by atoms with Gasteiger partial charge < -0.3 is 14.8 Å². The lowest BCUT2D eigenvalue weighted by atomic mass is 9.73. The topological polar surface area (TPSA) is 47.6 Å². The van der Waals surface area contributed by atoms with E-state index >= 15 is 0 Å². The Kier molecular flexibility index (Phi) is 5.30. The lowest BCUT2D eigenvalue weighted by Gasteiger charge is -2.43. The fraction of sp³-hybridized carbons (Fsp3) is 0.588. The molecule has 0 bridgehead atoms. The standard InChI is InChI=1S/C17H26BNO3/c1-13(20)19-17(11-21-16(2,3)22-12-17)10-9-14-5-7-15(18-4)8-6-14/h5-8,18H,9-12H2,1-4H3,(H,19,20). The van der Waals surface area contributed by atoms with Crippen LogP contribution in [-0.4, -0.2) is 37.7 Å². The lowest BCUT2D eigenvalue weighted by molar-refractivity contribution is -0.271. The fourth-order valence-electron chi connectivity index (χ4n) is 2.68. The molecular weight excluding hydrogens is 277 g/mol. The summed E-state index contributed by atoms with van der Waals surface area (Å²) < 4.78 is 11.5. The van der Waals surface area contributed by atoms with Crippen molar-refractivity contribution in [1.29, 1.82) is 0 Å². The average Bonchev–Trinajstić information content (AvgIpc) is 2.48. The van der Waals surface area contributed by atoms with Gasteiger partial charge in [0.05, 0.1) is 18.8 Å². The Morgan fingerprint density at radius 3 is 2.32 bits per heavy atom. The molecule has 0 spiro atoms. The normalized spacial score (nSPS) is 19.5. The number of carbonyl (C=O) groups excluding carboxylic acids is 1. The monoisotopic (exact) mass is 303 g/mol. The first kappa shape index (κ1) is 17.0. The zero-order valence-electron chi connectivity index (χ0n) is 14.1. The van der Waals surface area contributed by atoms with Crippen LogP contribution >= 0.6 is 0 Å². The van der Waals surface area contributed by atoms with Gasteiger partial charge in [-0.1, -0.05) is 36.6 Å². The van der Waals surface area contributed by atoms with E-state index in [0.29, 0.717) is 13.2 Å². The number of hydrogen-bond donors (Lipinski definition) is 1. The number of benzene rings is 1. The summed E-state index contributed by atoms with van der Waals surface area (Å²) in [7, 11) is 1.05. The Morgan fingerprint density at radius 1 is 1.23 bits per heavy atom. The van der Waals surface area contributed by atoms with Gasteiger partial charge in [-0.2, -0.15) is 0 Å². The largest absolute Gasteiger partial charge is 0.348 e. The molecule has 1 aromatic carbocycles. The highest BCUT2D eigenvalue weighted by atomic mass is 16.7. The maximum Gasteiger partial charge on any atom is 0.217 e. The molecule has 1 amide bonds. The Labute approximate surface area is 133 Å². The molecule has 0 atom stereocenters. The van der Waals surface area contributed by atoms with Crippen molar-refractivity contribution in [1.82, 2.24) is 5.32 Å². The average molecular weight is 303 g/mol.